The van der Waals surface area contributed by atoms with Crippen molar-refractivity contribution < 1.29 is 4.79 Å². The van der Waals surface area contributed by atoms with Crippen molar-refractivity contribution >= 4 is 62.5 Å². The van der Waals surface area contributed by atoms with E-state index in [0.717, 1.165) is 27.6 Å². The van der Waals surface area contributed by atoms with Crippen LogP contribution in [-0.2, 0) is 4.79 Å². The summed E-state index contributed by atoms with van der Waals surface area (Å²) in [6.45, 7) is 0. The van der Waals surface area contributed by atoms with E-state index < -0.39 is 0 Å². The quantitative estimate of drug-likeness (QED) is 0.301. The number of thioether (sulfide) groups is 1. The Morgan fingerprint density at radius 2 is 1.84 bits per heavy atom. The molecule has 150 valence electrons. The van der Waals surface area contributed by atoms with Crippen LogP contribution in [0.25, 0.3) is 27.6 Å². The lowest BCUT2D eigenvalue weighted by molar-refractivity contribution is -0.113. The molecule has 2 heterocycles. The summed E-state index contributed by atoms with van der Waals surface area (Å²) in [7, 11) is 0. The normalized spacial score (nSPS) is 11.1. The van der Waals surface area contributed by atoms with Crippen LogP contribution < -0.4 is 5.32 Å². The molecule has 0 spiro atoms. The van der Waals surface area contributed by atoms with Gasteiger partial charge in [-0.15, -0.1) is 0 Å². The molecule has 0 unspecified atom stereocenters. The van der Waals surface area contributed by atoms with Crippen molar-refractivity contribution in [1.29, 1.82) is 5.26 Å². The van der Waals surface area contributed by atoms with Crippen LogP contribution in [0.15, 0.2) is 71.9 Å². The van der Waals surface area contributed by atoms with E-state index in [9.17, 15) is 10.1 Å². The molecule has 0 aliphatic carbocycles. The van der Waals surface area contributed by atoms with Crippen molar-refractivity contribution in [2.45, 2.75) is 5.16 Å². The summed E-state index contributed by atoms with van der Waals surface area (Å²) in [5.74, 6) is -0.138. The van der Waals surface area contributed by atoms with Crippen molar-refractivity contribution in [2.75, 3.05) is 11.1 Å². The van der Waals surface area contributed by atoms with Crippen LogP contribution in [0.2, 0.25) is 5.02 Å². The van der Waals surface area contributed by atoms with Crippen LogP contribution in [-0.4, -0.2) is 26.0 Å². The Morgan fingerprint density at radius 1 is 1.06 bits per heavy atom. The Labute approximate surface area is 186 Å². The third kappa shape index (κ3) is 3.56. The number of hydrogen-bond donors (Lipinski definition) is 1. The Morgan fingerprint density at radius 3 is 2.68 bits per heavy atom. The first-order valence-electron chi connectivity index (χ1n) is 9.42. The molecule has 1 N–H and O–H groups in total. The second kappa shape index (κ2) is 7.91. The van der Waals surface area contributed by atoms with Crippen LogP contribution >= 0.6 is 23.4 Å². The predicted octanol–water partition coefficient (Wildman–Crippen LogP) is 5.29. The fourth-order valence-electron chi connectivity index (χ4n) is 3.44. The van der Waals surface area contributed by atoms with Gasteiger partial charge in [0.05, 0.1) is 33.6 Å². The maximum absolute atomic E-state index is 12.6. The number of halogens is 1. The Balaban J connectivity index is 1.51. The minimum absolute atomic E-state index is 0.115. The van der Waals surface area contributed by atoms with E-state index in [-0.39, 0.29) is 11.7 Å². The lowest BCUT2D eigenvalue weighted by Crippen LogP contribution is -2.15. The molecule has 8 heteroatoms. The molecule has 1 amide bonds. The van der Waals surface area contributed by atoms with E-state index >= 15 is 0 Å². The third-order valence-electron chi connectivity index (χ3n) is 4.82. The molecule has 0 saturated heterocycles. The molecule has 0 bridgehead atoms. The average Bonchev–Trinajstić information content (AvgIpc) is 3.18. The third-order valence-corrected chi connectivity index (χ3v) is 6.00. The maximum atomic E-state index is 12.6. The standard InChI is InChI=1S/C23H14ClN5OS/c24-15-10-9-14(12-25)19(11-15)26-21(30)13-31-23-28-17-6-2-1-5-16(17)22-27-18-7-3-4-8-20(18)29(22)23/h1-11H,13H2,(H,26,30). The zero-order chi connectivity index (χ0) is 21.4. The average molecular weight is 444 g/mol. The zero-order valence-corrected chi connectivity index (χ0v) is 17.6. The lowest BCUT2D eigenvalue weighted by atomic mass is 10.2. The van der Waals surface area contributed by atoms with Crippen LogP contribution in [0, 0.1) is 11.3 Å². The summed E-state index contributed by atoms with van der Waals surface area (Å²) in [4.78, 5) is 22.2. The molecule has 2 aromatic heterocycles. The van der Waals surface area contributed by atoms with Gasteiger partial charge in [0.25, 0.3) is 0 Å². The highest BCUT2D eigenvalue weighted by Gasteiger charge is 2.16. The number of carbonyl (C=O) groups is 1. The number of aromatic nitrogens is 3. The number of carbonyl (C=O) groups excluding carboxylic acids is 1. The van der Waals surface area contributed by atoms with E-state index in [4.69, 9.17) is 21.6 Å². The van der Waals surface area contributed by atoms with Gasteiger partial charge < -0.3 is 5.32 Å². The molecular formula is C23H14ClN5OS. The topological polar surface area (TPSA) is 83.1 Å². The molecule has 6 nitrogen and oxygen atoms in total. The molecular weight excluding hydrogens is 430 g/mol. The lowest BCUT2D eigenvalue weighted by Gasteiger charge is -2.10. The number of para-hydroxylation sites is 3. The smallest absolute Gasteiger partial charge is 0.234 e. The van der Waals surface area contributed by atoms with Gasteiger partial charge in [0.2, 0.25) is 5.91 Å². The molecule has 0 aliphatic rings. The summed E-state index contributed by atoms with van der Waals surface area (Å²) in [6, 6.07) is 22.5. The number of nitriles is 1. The number of fused-ring (bicyclic) bond motifs is 5. The molecule has 0 radical (unpaired) electrons. The van der Waals surface area contributed by atoms with Crippen molar-refractivity contribution in [3.05, 3.63) is 77.3 Å². The summed E-state index contributed by atoms with van der Waals surface area (Å²) in [6.07, 6.45) is 0. The minimum atomic E-state index is -0.253. The number of hydrogen-bond acceptors (Lipinski definition) is 5. The summed E-state index contributed by atoms with van der Waals surface area (Å²) in [5, 5.41) is 14.1. The number of anilines is 1. The predicted molar refractivity (Wildman–Crippen MR) is 124 cm³/mol. The van der Waals surface area contributed by atoms with E-state index in [1.807, 2.05) is 52.9 Å². The molecule has 0 fully saturated rings. The number of amides is 1. The first-order valence-corrected chi connectivity index (χ1v) is 10.8. The van der Waals surface area contributed by atoms with Crippen LogP contribution in [0.1, 0.15) is 5.56 Å². The van der Waals surface area contributed by atoms with Gasteiger partial charge in [0, 0.05) is 10.4 Å². The second-order valence-corrected chi connectivity index (χ2v) is 8.19. The highest BCUT2D eigenvalue weighted by Crippen LogP contribution is 2.29. The molecule has 31 heavy (non-hydrogen) atoms. The van der Waals surface area contributed by atoms with E-state index in [1.54, 1.807) is 18.2 Å². The summed E-state index contributed by atoms with van der Waals surface area (Å²) >= 11 is 7.32. The maximum Gasteiger partial charge on any atom is 0.234 e. The molecule has 0 saturated carbocycles. The van der Waals surface area contributed by atoms with Crippen molar-refractivity contribution in [3.63, 3.8) is 0 Å². The summed E-state index contributed by atoms with van der Waals surface area (Å²) < 4.78 is 1.98. The SMILES string of the molecule is N#Cc1ccc(Cl)cc1NC(=O)CSc1nc2ccccc2c2nc3ccccc3n12. The zero-order valence-electron chi connectivity index (χ0n) is 16.0. The van der Waals surface area contributed by atoms with E-state index in [1.165, 1.54) is 11.8 Å². The molecule has 5 aromatic rings. The van der Waals surface area contributed by atoms with Gasteiger partial charge >= 0.3 is 0 Å². The molecule has 0 aliphatic heterocycles. The van der Waals surface area contributed by atoms with Crippen molar-refractivity contribution in [3.8, 4) is 6.07 Å². The summed E-state index contributed by atoms with van der Waals surface area (Å²) in [5.41, 5.74) is 4.16. The molecule has 5 rings (SSSR count). The fourth-order valence-corrected chi connectivity index (χ4v) is 4.43. The first-order chi connectivity index (χ1) is 15.1. The van der Waals surface area contributed by atoms with Gasteiger partial charge in [0.15, 0.2) is 5.16 Å². The van der Waals surface area contributed by atoms with Gasteiger partial charge in [-0.05, 0) is 42.5 Å². The number of imidazole rings is 1. The van der Waals surface area contributed by atoms with Crippen LogP contribution in [0.3, 0.4) is 0 Å². The highest BCUT2D eigenvalue weighted by molar-refractivity contribution is 7.99. The highest BCUT2D eigenvalue weighted by atomic mass is 35.5. The second-order valence-electron chi connectivity index (χ2n) is 6.81. The van der Waals surface area contributed by atoms with Crippen molar-refractivity contribution in [1.82, 2.24) is 14.4 Å². The van der Waals surface area contributed by atoms with Crippen LogP contribution in [0.4, 0.5) is 5.69 Å². The minimum Gasteiger partial charge on any atom is -0.324 e. The van der Waals surface area contributed by atoms with Gasteiger partial charge in [-0.3, -0.25) is 9.20 Å². The van der Waals surface area contributed by atoms with Crippen LogP contribution in [0.5, 0.6) is 0 Å². The van der Waals surface area contributed by atoms with E-state index in [2.05, 4.69) is 11.4 Å². The Hall–Kier alpha value is -3.60. The van der Waals surface area contributed by atoms with Gasteiger partial charge in [-0.1, -0.05) is 47.6 Å². The molecule has 3 aromatic carbocycles. The monoisotopic (exact) mass is 443 g/mol. The first kappa shape index (κ1) is 19.4. The van der Waals surface area contributed by atoms with Gasteiger partial charge in [0.1, 0.15) is 11.7 Å². The fraction of sp³-hybridized carbons (Fsp3) is 0.0435. The van der Waals surface area contributed by atoms with E-state index in [0.29, 0.717) is 21.4 Å². The number of rotatable bonds is 4. The van der Waals surface area contributed by atoms with Crippen molar-refractivity contribution in [2.24, 2.45) is 0 Å². The molecule has 0 atom stereocenters. The Kier molecular flexibility index (Phi) is 4.94. The number of benzene rings is 3. The van der Waals surface area contributed by atoms with Gasteiger partial charge in [-0.2, -0.15) is 5.26 Å². The number of nitrogens with zero attached hydrogens (tertiary/aromatic N) is 4. The largest absolute Gasteiger partial charge is 0.324 e. The Bertz CT molecular complexity index is 1520. The number of nitrogens with one attached hydrogen (secondary N) is 1. The van der Waals surface area contributed by atoms with Gasteiger partial charge in [-0.25, -0.2) is 9.97 Å².